The molecule has 0 spiro atoms. The van der Waals surface area contributed by atoms with E-state index in [1.54, 1.807) is 18.7 Å². The molecule has 1 aromatic carbocycles. The predicted molar refractivity (Wildman–Crippen MR) is 75.1 cm³/mol. The molecule has 1 heterocycles. The number of imidazole rings is 1. The number of hydrogen-bond donors (Lipinski definition) is 1. The van der Waals surface area contributed by atoms with Gasteiger partial charge in [-0.1, -0.05) is 12.1 Å². The van der Waals surface area contributed by atoms with Crippen molar-refractivity contribution in [3.8, 4) is 5.75 Å². The number of nitro groups is 1. The molecule has 1 N–H and O–H groups in total. The van der Waals surface area contributed by atoms with E-state index in [-0.39, 0.29) is 5.82 Å². The second kappa shape index (κ2) is 6.05. The van der Waals surface area contributed by atoms with Gasteiger partial charge in [0, 0.05) is 13.6 Å². The van der Waals surface area contributed by atoms with Crippen molar-refractivity contribution in [3.05, 3.63) is 46.3 Å². The Morgan fingerprint density at radius 2 is 2.10 bits per heavy atom. The zero-order valence-corrected chi connectivity index (χ0v) is 11.4. The summed E-state index contributed by atoms with van der Waals surface area (Å²) in [6, 6.07) is 7.72. The van der Waals surface area contributed by atoms with E-state index in [9.17, 15) is 10.1 Å². The summed E-state index contributed by atoms with van der Waals surface area (Å²) in [7, 11) is 3.34. The van der Waals surface area contributed by atoms with Gasteiger partial charge in [-0.05, 0) is 34.0 Å². The van der Waals surface area contributed by atoms with E-state index >= 15 is 0 Å². The lowest BCUT2D eigenvalue weighted by molar-refractivity contribution is -0.388. The summed E-state index contributed by atoms with van der Waals surface area (Å²) in [6.07, 6.45) is 2.18. The summed E-state index contributed by atoms with van der Waals surface area (Å²) in [6.45, 7) is 0.590. The normalized spacial score (nSPS) is 10.3. The zero-order valence-electron chi connectivity index (χ0n) is 11.4. The highest BCUT2D eigenvalue weighted by Gasteiger charge is 2.19. The van der Waals surface area contributed by atoms with Crippen LogP contribution in [0.25, 0.3) is 0 Å². The van der Waals surface area contributed by atoms with Crippen molar-refractivity contribution in [2.75, 3.05) is 19.0 Å². The topological polar surface area (TPSA) is 82.2 Å². The highest BCUT2D eigenvalue weighted by Crippen LogP contribution is 2.21. The lowest BCUT2D eigenvalue weighted by atomic mass is 10.1. The third-order valence-electron chi connectivity index (χ3n) is 2.96. The van der Waals surface area contributed by atoms with Crippen LogP contribution in [0.1, 0.15) is 5.56 Å². The molecule has 7 heteroatoms. The van der Waals surface area contributed by atoms with Crippen LogP contribution in [0, 0.1) is 10.1 Å². The molecular formula is C13H16N4O3. The van der Waals surface area contributed by atoms with Gasteiger partial charge in [0.05, 0.1) is 7.11 Å². The Balaban J connectivity index is 1.95. The standard InChI is InChI=1S/C13H16N4O3/c1-16-9-15-13(17(18)19)12(16)14-8-7-10-3-5-11(20-2)6-4-10/h3-6,9,14H,7-8H2,1-2H3. The minimum Gasteiger partial charge on any atom is -0.497 e. The average Bonchev–Trinajstić information content (AvgIpc) is 2.81. The molecule has 20 heavy (non-hydrogen) atoms. The lowest BCUT2D eigenvalue weighted by Gasteiger charge is -2.07. The minimum absolute atomic E-state index is 0.151. The van der Waals surface area contributed by atoms with Gasteiger partial charge >= 0.3 is 5.82 Å². The molecule has 1 aromatic heterocycles. The molecule has 2 rings (SSSR count). The van der Waals surface area contributed by atoms with Crippen molar-refractivity contribution >= 4 is 11.6 Å². The van der Waals surface area contributed by atoms with Crippen LogP contribution in [0.3, 0.4) is 0 Å². The Morgan fingerprint density at radius 1 is 1.40 bits per heavy atom. The Bertz CT molecular complexity index is 592. The first kappa shape index (κ1) is 13.9. The van der Waals surface area contributed by atoms with Crippen molar-refractivity contribution in [1.29, 1.82) is 0 Å². The van der Waals surface area contributed by atoms with Crippen molar-refractivity contribution in [2.45, 2.75) is 6.42 Å². The fourth-order valence-electron chi connectivity index (χ4n) is 1.87. The summed E-state index contributed by atoms with van der Waals surface area (Å²) >= 11 is 0. The quantitative estimate of drug-likeness (QED) is 0.644. The average molecular weight is 276 g/mol. The van der Waals surface area contributed by atoms with Crippen molar-refractivity contribution < 1.29 is 9.66 Å². The van der Waals surface area contributed by atoms with Crippen molar-refractivity contribution in [1.82, 2.24) is 9.55 Å². The van der Waals surface area contributed by atoms with E-state index in [1.807, 2.05) is 24.3 Å². The van der Waals surface area contributed by atoms with Gasteiger partial charge in [0.15, 0.2) is 0 Å². The molecule has 2 aromatic rings. The predicted octanol–water partition coefficient (Wildman–Crippen LogP) is 1.99. The van der Waals surface area contributed by atoms with Gasteiger partial charge in [0.1, 0.15) is 5.75 Å². The summed E-state index contributed by atoms with van der Waals surface area (Å²) in [5, 5.41) is 13.9. The van der Waals surface area contributed by atoms with Gasteiger partial charge in [-0.3, -0.25) is 4.57 Å². The van der Waals surface area contributed by atoms with Crippen LogP contribution in [-0.2, 0) is 13.5 Å². The van der Waals surface area contributed by atoms with Crippen LogP contribution in [0.2, 0.25) is 0 Å². The van der Waals surface area contributed by atoms with Crippen LogP contribution in [0.4, 0.5) is 11.6 Å². The van der Waals surface area contributed by atoms with Gasteiger partial charge in [-0.15, -0.1) is 0 Å². The SMILES string of the molecule is COc1ccc(CCNc2c([N+](=O)[O-])ncn2C)cc1. The molecule has 7 nitrogen and oxygen atoms in total. The van der Waals surface area contributed by atoms with E-state index in [0.717, 1.165) is 17.7 Å². The summed E-state index contributed by atoms with van der Waals surface area (Å²) in [5.41, 5.74) is 1.13. The number of aryl methyl sites for hydroxylation is 1. The number of hydrogen-bond acceptors (Lipinski definition) is 5. The lowest BCUT2D eigenvalue weighted by Crippen LogP contribution is -2.09. The summed E-state index contributed by atoms with van der Waals surface area (Å²) in [5.74, 6) is 1.08. The number of rotatable bonds is 6. The first-order valence-electron chi connectivity index (χ1n) is 6.14. The second-order valence-electron chi connectivity index (χ2n) is 4.31. The highest BCUT2D eigenvalue weighted by molar-refractivity contribution is 5.52. The monoisotopic (exact) mass is 276 g/mol. The van der Waals surface area contributed by atoms with Crippen LogP contribution in [-0.4, -0.2) is 28.1 Å². The molecule has 0 atom stereocenters. The molecule has 106 valence electrons. The maximum atomic E-state index is 10.8. The first-order chi connectivity index (χ1) is 9.61. The molecule has 0 aliphatic carbocycles. The number of ether oxygens (including phenoxy) is 1. The number of aromatic nitrogens is 2. The van der Waals surface area contributed by atoms with Crippen molar-refractivity contribution in [2.24, 2.45) is 7.05 Å². The third-order valence-corrected chi connectivity index (χ3v) is 2.96. The fourth-order valence-corrected chi connectivity index (χ4v) is 1.87. The maximum absolute atomic E-state index is 10.8. The Hall–Kier alpha value is -2.57. The van der Waals surface area contributed by atoms with Gasteiger partial charge in [-0.25, -0.2) is 0 Å². The molecule has 0 saturated carbocycles. The van der Waals surface area contributed by atoms with Gasteiger partial charge in [0.2, 0.25) is 12.1 Å². The number of benzene rings is 1. The molecule has 0 radical (unpaired) electrons. The van der Waals surface area contributed by atoms with Gasteiger partial charge in [0.25, 0.3) is 0 Å². The van der Waals surface area contributed by atoms with Crippen LogP contribution in [0.15, 0.2) is 30.6 Å². The van der Waals surface area contributed by atoms with Crippen LogP contribution in [0.5, 0.6) is 5.75 Å². The fraction of sp³-hybridized carbons (Fsp3) is 0.308. The van der Waals surface area contributed by atoms with Gasteiger partial charge < -0.3 is 20.2 Å². The van der Waals surface area contributed by atoms with Gasteiger partial charge in [-0.2, -0.15) is 0 Å². The zero-order chi connectivity index (χ0) is 14.5. The minimum atomic E-state index is -0.490. The third kappa shape index (κ3) is 3.05. The smallest absolute Gasteiger partial charge is 0.406 e. The van der Waals surface area contributed by atoms with Crippen molar-refractivity contribution in [3.63, 3.8) is 0 Å². The molecule has 0 amide bonds. The molecule has 0 aliphatic heterocycles. The number of nitrogens with zero attached hydrogens (tertiary/aromatic N) is 3. The van der Waals surface area contributed by atoms with Crippen LogP contribution < -0.4 is 10.1 Å². The number of nitrogens with one attached hydrogen (secondary N) is 1. The number of anilines is 1. The van der Waals surface area contributed by atoms with E-state index in [0.29, 0.717) is 12.4 Å². The second-order valence-corrected chi connectivity index (χ2v) is 4.31. The highest BCUT2D eigenvalue weighted by atomic mass is 16.6. The molecular weight excluding hydrogens is 260 g/mol. The van der Waals surface area contributed by atoms with Crippen LogP contribution >= 0.6 is 0 Å². The van der Waals surface area contributed by atoms with E-state index in [2.05, 4.69) is 10.3 Å². The summed E-state index contributed by atoms with van der Waals surface area (Å²) < 4.78 is 6.69. The van der Waals surface area contributed by atoms with E-state index in [4.69, 9.17) is 4.74 Å². The molecule has 0 saturated heterocycles. The Morgan fingerprint density at radius 3 is 2.70 bits per heavy atom. The Labute approximate surface area is 116 Å². The molecule has 0 aliphatic rings. The van der Waals surface area contributed by atoms with E-state index in [1.165, 1.54) is 6.33 Å². The number of methoxy groups -OCH3 is 1. The molecule has 0 fully saturated rings. The molecule has 0 unspecified atom stereocenters. The van der Waals surface area contributed by atoms with E-state index < -0.39 is 4.92 Å². The Kier molecular flexibility index (Phi) is 4.19. The largest absolute Gasteiger partial charge is 0.497 e. The maximum Gasteiger partial charge on any atom is 0.406 e. The molecule has 0 bridgehead atoms. The first-order valence-corrected chi connectivity index (χ1v) is 6.14. The summed E-state index contributed by atoms with van der Waals surface area (Å²) in [4.78, 5) is 14.1.